The molecule has 0 aliphatic carbocycles. The molecule has 0 unspecified atom stereocenters. The Labute approximate surface area is 158 Å². The molecule has 2 aromatic rings. The first-order valence-electron chi connectivity index (χ1n) is 7.80. The summed E-state index contributed by atoms with van der Waals surface area (Å²) < 4.78 is 72.5. The quantitative estimate of drug-likeness (QED) is 0.419. The molecule has 0 saturated carbocycles. The second kappa shape index (κ2) is 7.89. The standard InChI is InChI=1S/C12H15N2.2C2F3O.Tl/c1-14(2)8-7-10-9-13-12-6-4-3-5-11(10)12;2*3-2(4,5)1-6;/h3-6,13H,7-8H2,1-2H3;;;. The van der Waals surface area contributed by atoms with Crippen LogP contribution in [0.3, 0.4) is 0 Å². The van der Waals surface area contributed by atoms with Crippen molar-refractivity contribution in [1.29, 1.82) is 0 Å². The zero-order valence-corrected chi connectivity index (χ0v) is 18.8. The molecule has 0 spiro atoms. The van der Waals surface area contributed by atoms with Crippen molar-refractivity contribution in [1.82, 2.24) is 9.88 Å². The van der Waals surface area contributed by atoms with Gasteiger partial charge in [-0.25, -0.2) is 0 Å². The molecule has 1 N–H and O–H groups in total. The van der Waals surface area contributed by atoms with Crippen LogP contribution in [0.15, 0.2) is 24.3 Å². The molecule has 11 heteroatoms. The van der Waals surface area contributed by atoms with Gasteiger partial charge >= 0.3 is 159 Å². The van der Waals surface area contributed by atoms with Crippen LogP contribution in [0.25, 0.3) is 10.9 Å². The number of nitrogens with zero attached hydrogens (tertiary/aromatic N) is 1. The van der Waals surface area contributed by atoms with Gasteiger partial charge in [-0.3, -0.25) is 0 Å². The first-order valence-corrected chi connectivity index (χ1v) is 14.5. The van der Waals surface area contributed by atoms with Crippen LogP contribution in [0.5, 0.6) is 0 Å². The Morgan fingerprint density at radius 1 is 1.00 bits per heavy atom. The Bertz CT molecular complexity index is 831. The van der Waals surface area contributed by atoms with E-state index in [0.29, 0.717) is 17.4 Å². The number of nitrogens with one attached hydrogen (secondary N) is 1. The number of rotatable bonds is 6. The van der Waals surface area contributed by atoms with Crippen LogP contribution in [0.2, 0.25) is 0 Å². The molecule has 4 nitrogen and oxygen atoms in total. The summed E-state index contributed by atoms with van der Waals surface area (Å²) in [6, 6.07) is 6.17. The van der Waals surface area contributed by atoms with Gasteiger partial charge in [-0.05, 0) is 0 Å². The number of hydrogen-bond donors (Lipinski definition) is 1. The van der Waals surface area contributed by atoms with Crippen LogP contribution in [0, 0.1) is 0 Å². The van der Waals surface area contributed by atoms with Crippen LogP contribution in [-0.4, -0.2) is 72.3 Å². The van der Waals surface area contributed by atoms with Crippen molar-refractivity contribution in [2.45, 2.75) is 18.8 Å². The monoisotopic (exact) mass is 586 g/mol. The van der Waals surface area contributed by atoms with Crippen molar-refractivity contribution in [2.75, 3.05) is 20.6 Å². The molecule has 0 aliphatic heterocycles. The molecule has 1 aromatic carbocycles. The number of para-hydroxylation sites is 1. The fraction of sp³-hybridized carbons (Fsp3) is 0.375. The summed E-state index contributed by atoms with van der Waals surface area (Å²) in [5.41, 5.74) is 0.484. The van der Waals surface area contributed by atoms with E-state index in [1.165, 1.54) is 6.07 Å². The summed E-state index contributed by atoms with van der Waals surface area (Å²) in [4.78, 5) is 27.9. The molecule has 0 amide bonds. The molecular formula is C16H15F6N2O2Tl. The van der Waals surface area contributed by atoms with Gasteiger partial charge in [0.05, 0.1) is 0 Å². The minimum atomic E-state index is -5.88. The molecule has 0 fully saturated rings. The van der Waals surface area contributed by atoms with Crippen molar-refractivity contribution < 1.29 is 35.9 Å². The molecule has 27 heavy (non-hydrogen) atoms. The average molecular weight is 586 g/mol. The number of benzene rings is 1. The molecule has 0 bridgehead atoms. The Hall–Kier alpha value is -1.44. The summed E-state index contributed by atoms with van der Waals surface area (Å²) in [5, 5.41) is 0.421. The number of aromatic amines is 1. The van der Waals surface area contributed by atoms with E-state index in [1.54, 1.807) is 37.2 Å². The second-order valence-electron chi connectivity index (χ2n) is 6.27. The number of hydrogen-bond acceptors (Lipinski definition) is 3. The summed E-state index contributed by atoms with van der Waals surface area (Å²) in [7, 11) is 3.38. The number of carbonyl (C=O) groups excluding carboxylic acids is 2. The van der Waals surface area contributed by atoms with Gasteiger partial charge in [0.25, 0.3) is 0 Å². The molecule has 0 saturated heterocycles. The number of fused-ring (bicyclic) bond motifs is 1. The van der Waals surface area contributed by atoms with Crippen LogP contribution in [0.1, 0.15) is 5.56 Å². The van der Waals surface area contributed by atoms with Crippen molar-refractivity contribution in [3.05, 3.63) is 29.8 Å². The van der Waals surface area contributed by atoms with Gasteiger partial charge in [0.2, 0.25) is 0 Å². The molecule has 0 atom stereocenters. The predicted molar refractivity (Wildman–Crippen MR) is 88.1 cm³/mol. The Balaban J connectivity index is 2.70. The molecule has 0 aliphatic rings. The SMILES string of the molecule is CN(C)CCc1[c]([Tl]([C](=O)C(F)(F)F)[C](=O)C(F)(F)F)[nH]c2ccccc12. The van der Waals surface area contributed by atoms with Crippen molar-refractivity contribution in [2.24, 2.45) is 0 Å². The van der Waals surface area contributed by atoms with E-state index in [2.05, 4.69) is 4.98 Å². The second-order valence-corrected chi connectivity index (χ2v) is 16.0. The fourth-order valence-electron chi connectivity index (χ4n) is 2.78. The summed E-state index contributed by atoms with van der Waals surface area (Å²) in [6.07, 6.45) is -10.9. The normalized spacial score (nSPS) is 12.6. The van der Waals surface area contributed by atoms with Crippen LogP contribution in [0.4, 0.5) is 26.3 Å². The first kappa shape index (κ1) is 21.9. The zero-order chi connectivity index (χ0) is 20.6. The third kappa shape index (κ3) is 4.89. The van der Waals surface area contributed by atoms with Crippen LogP contribution in [-0.2, 0) is 16.0 Å². The number of likely N-dealkylation sites (N-methyl/N-ethyl adjacent to an activating group) is 1. The summed E-state index contributed by atoms with van der Waals surface area (Å²) in [5.74, 6) is 0. The Morgan fingerprint density at radius 2 is 1.52 bits per heavy atom. The van der Waals surface area contributed by atoms with Gasteiger partial charge in [0.1, 0.15) is 0 Å². The maximum atomic E-state index is 13.0. The molecule has 2 rings (SSSR count). The summed E-state index contributed by atoms with van der Waals surface area (Å²) >= 11 is -5.88. The van der Waals surface area contributed by atoms with Gasteiger partial charge in [-0.15, -0.1) is 0 Å². The van der Waals surface area contributed by atoms with E-state index in [-0.39, 0.29) is 12.0 Å². The first-order chi connectivity index (χ1) is 12.3. The molecular weight excluding hydrogens is 571 g/mol. The summed E-state index contributed by atoms with van der Waals surface area (Å²) in [6.45, 7) is 0.329. The van der Waals surface area contributed by atoms with E-state index in [4.69, 9.17) is 0 Å². The topological polar surface area (TPSA) is 53.2 Å². The fourth-order valence-corrected chi connectivity index (χ4v) is 12.0. The van der Waals surface area contributed by atoms with Crippen molar-refractivity contribution in [3.8, 4) is 0 Å². The number of alkyl halides is 6. The number of H-pyrrole nitrogens is 1. The average Bonchev–Trinajstić information content (AvgIpc) is 2.89. The van der Waals surface area contributed by atoms with E-state index >= 15 is 0 Å². The Morgan fingerprint density at radius 3 is 2.00 bits per heavy atom. The predicted octanol–water partition coefficient (Wildman–Crippen LogP) is 2.31. The van der Waals surface area contributed by atoms with Gasteiger partial charge in [-0.1, -0.05) is 0 Å². The number of carbonyl (C=O) groups is 2. The third-order valence-corrected chi connectivity index (χ3v) is 14.8. The number of halogens is 6. The molecule has 1 aromatic heterocycles. The zero-order valence-electron chi connectivity index (χ0n) is 14.3. The van der Waals surface area contributed by atoms with E-state index < -0.39 is 45.0 Å². The van der Waals surface area contributed by atoms with Gasteiger partial charge in [0.15, 0.2) is 0 Å². The van der Waals surface area contributed by atoms with Crippen molar-refractivity contribution >= 4 is 43.5 Å². The van der Waals surface area contributed by atoms with Crippen LogP contribution >= 0.6 is 0 Å². The van der Waals surface area contributed by atoms with E-state index in [9.17, 15) is 35.9 Å². The Kier molecular flexibility index (Phi) is 6.39. The van der Waals surface area contributed by atoms with Gasteiger partial charge < -0.3 is 0 Å². The van der Waals surface area contributed by atoms with Crippen LogP contribution < -0.4 is 3.25 Å². The molecule has 146 valence electrons. The van der Waals surface area contributed by atoms with Gasteiger partial charge in [0, 0.05) is 0 Å². The molecule has 1 heterocycles. The minimum absolute atomic E-state index is 0.110. The number of aromatic nitrogens is 1. The van der Waals surface area contributed by atoms with E-state index in [1.807, 2.05) is 0 Å². The van der Waals surface area contributed by atoms with Gasteiger partial charge in [-0.2, -0.15) is 0 Å². The van der Waals surface area contributed by atoms with Crippen molar-refractivity contribution in [3.63, 3.8) is 0 Å². The third-order valence-electron chi connectivity index (χ3n) is 4.03. The maximum absolute atomic E-state index is 13.0. The molecule has 0 radical (unpaired) electrons. The van der Waals surface area contributed by atoms with E-state index in [0.717, 1.165) is 0 Å².